The molecule has 1 aromatic carbocycles. The number of hydrogen-bond acceptors (Lipinski definition) is 6. The summed E-state index contributed by atoms with van der Waals surface area (Å²) >= 11 is 0. The van der Waals surface area contributed by atoms with Gasteiger partial charge >= 0.3 is 0 Å². The molecular formula is C20H18N4O3. The minimum absolute atomic E-state index is 0.179. The molecule has 3 aromatic rings. The Morgan fingerprint density at radius 2 is 2.07 bits per heavy atom. The fraction of sp³-hybridized carbons (Fsp3) is 0.150. The minimum Gasteiger partial charge on any atom is -0.449 e. The summed E-state index contributed by atoms with van der Waals surface area (Å²) in [7, 11) is 0. The molecule has 0 fully saturated rings. The first-order chi connectivity index (χ1) is 13.0. The molecule has 1 aliphatic heterocycles. The largest absolute Gasteiger partial charge is 0.449 e. The van der Waals surface area contributed by atoms with Crippen molar-refractivity contribution in [3.8, 4) is 5.75 Å². The van der Waals surface area contributed by atoms with Crippen molar-refractivity contribution in [3.63, 3.8) is 0 Å². The maximum Gasteiger partial charge on any atom is 0.294 e. The monoisotopic (exact) mass is 362 g/mol. The number of nitrogens with two attached hydrogens (primary N) is 1. The summed E-state index contributed by atoms with van der Waals surface area (Å²) in [4.78, 5) is 19.0. The number of carbonyl (C=O) groups is 1. The van der Waals surface area contributed by atoms with Gasteiger partial charge in [0.25, 0.3) is 5.91 Å². The van der Waals surface area contributed by atoms with Crippen LogP contribution in [0.5, 0.6) is 5.75 Å². The van der Waals surface area contributed by atoms with Gasteiger partial charge in [0.1, 0.15) is 5.76 Å². The topological polar surface area (TPSA) is 94.5 Å². The van der Waals surface area contributed by atoms with Crippen LogP contribution >= 0.6 is 0 Å². The molecule has 7 nitrogen and oxygen atoms in total. The highest BCUT2D eigenvalue weighted by atomic mass is 16.5. The number of aryl methyl sites for hydroxylation is 2. The zero-order valence-corrected chi connectivity index (χ0v) is 15.0. The molecule has 0 spiro atoms. The normalized spacial score (nSPS) is 15.0. The van der Waals surface area contributed by atoms with Crippen molar-refractivity contribution in [1.29, 1.82) is 0 Å². The lowest BCUT2D eigenvalue weighted by Gasteiger charge is -2.30. The summed E-state index contributed by atoms with van der Waals surface area (Å²) in [5.41, 5.74) is 9.35. The van der Waals surface area contributed by atoms with Crippen LogP contribution < -0.4 is 15.4 Å². The summed E-state index contributed by atoms with van der Waals surface area (Å²) in [6, 6.07) is 10.7. The van der Waals surface area contributed by atoms with Crippen LogP contribution in [0.15, 0.2) is 52.9 Å². The molecule has 0 saturated carbocycles. The standard InChI is InChI=1S/C20H18N4O3/c1-12-16(13(2)27-23-12)11-24-17-7-6-14(21)9-18(17)26-19(20(24)25)10-15-5-3-4-8-22-15/h3-10H,11,21H2,1-2H3/b19-10+. The molecular weight excluding hydrogens is 344 g/mol. The Balaban J connectivity index is 1.79. The molecule has 7 heteroatoms. The molecule has 136 valence electrons. The number of pyridine rings is 1. The number of carbonyl (C=O) groups excluding carboxylic acids is 1. The van der Waals surface area contributed by atoms with Crippen molar-refractivity contribution < 1.29 is 14.1 Å². The summed E-state index contributed by atoms with van der Waals surface area (Å²) in [5.74, 6) is 1.11. The molecule has 2 N–H and O–H groups in total. The molecule has 1 aliphatic rings. The highest BCUT2D eigenvalue weighted by molar-refractivity contribution is 6.09. The fourth-order valence-electron chi connectivity index (χ4n) is 2.97. The van der Waals surface area contributed by atoms with Gasteiger partial charge in [-0.25, -0.2) is 0 Å². The quantitative estimate of drug-likeness (QED) is 0.568. The third-order valence-corrected chi connectivity index (χ3v) is 4.41. The summed E-state index contributed by atoms with van der Waals surface area (Å²) in [6.45, 7) is 4.00. The van der Waals surface area contributed by atoms with Gasteiger partial charge in [-0.15, -0.1) is 0 Å². The predicted octanol–water partition coefficient (Wildman–Crippen LogP) is 3.24. The Morgan fingerprint density at radius 3 is 2.78 bits per heavy atom. The fourth-order valence-corrected chi connectivity index (χ4v) is 2.97. The molecule has 0 atom stereocenters. The van der Waals surface area contributed by atoms with E-state index in [1.165, 1.54) is 0 Å². The maximum atomic E-state index is 13.1. The van der Waals surface area contributed by atoms with E-state index < -0.39 is 0 Å². The van der Waals surface area contributed by atoms with Crippen LogP contribution in [0, 0.1) is 13.8 Å². The van der Waals surface area contributed by atoms with E-state index in [1.807, 2.05) is 26.0 Å². The van der Waals surface area contributed by atoms with Gasteiger partial charge in [0, 0.05) is 29.6 Å². The number of fused-ring (bicyclic) bond motifs is 1. The van der Waals surface area contributed by atoms with Crippen LogP contribution in [0.1, 0.15) is 22.7 Å². The number of anilines is 2. The number of hydrogen-bond donors (Lipinski definition) is 1. The SMILES string of the molecule is Cc1noc(C)c1CN1C(=O)/C(=C\c2ccccn2)Oc2cc(N)ccc21. The molecule has 0 unspecified atom stereocenters. The third kappa shape index (κ3) is 3.15. The zero-order valence-electron chi connectivity index (χ0n) is 15.0. The lowest BCUT2D eigenvalue weighted by atomic mass is 10.1. The predicted molar refractivity (Wildman–Crippen MR) is 101 cm³/mol. The van der Waals surface area contributed by atoms with Crippen LogP contribution in [0.2, 0.25) is 0 Å². The van der Waals surface area contributed by atoms with E-state index in [-0.39, 0.29) is 11.7 Å². The van der Waals surface area contributed by atoms with Crippen molar-refractivity contribution in [1.82, 2.24) is 10.1 Å². The number of nitrogens with zero attached hydrogens (tertiary/aromatic N) is 3. The van der Waals surface area contributed by atoms with E-state index in [0.29, 0.717) is 35.1 Å². The smallest absolute Gasteiger partial charge is 0.294 e. The van der Waals surface area contributed by atoms with Crippen molar-refractivity contribution in [2.75, 3.05) is 10.6 Å². The molecule has 3 heterocycles. The Labute approximate surface area is 156 Å². The summed E-state index contributed by atoms with van der Waals surface area (Å²) in [5, 5.41) is 3.97. The number of amides is 1. The van der Waals surface area contributed by atoms with E-state index in [0.717, 1.165) is 11.3 Å². The van der Waals surface area contributed by atoms with Gasteiger partial charge in [0.15, 0.2) is 11.5 Å². The van der Waals surface area contributed by atoms with E-state index in [9.17, 15) is 4.79 Å². The van der Waals surface area contributed by atoms with Gasteiger partial charge in [-0.05, 0) is 38.1 Å². The number of rotatable bonds is 3. The van der Waals surface area contributed by atoms with Gasteiger partial charge in [-0.1, -0.05) is 11.2 Å². The second-order valence-electron chi connectivity index (χ2n) is 6.29. The van der Waals surface area contributed by atoms with Gasteiger partial charge in [-0.2, -0.15) is 0 Å². The first-order valence-electron chi connectivity index (χ1n) is 8.46. The van der Waals surface area contributed by atoms with Crippen LogP contribution in [0.4, 0.5) is 11.4 Å². The molecule has 0 aliphatic carbocycles. The second kappa shape index (κ2) is 6.60. The Kier molecular flexibility index (Phi) is 4.12. The molecule has 0 saturated heterocycles. The van der Waals surface area contributed by atoms with Crippen LogP contribution in [-0.4, -0.2) is 16.0 Å². The van der Waals surface area contributed by atoms with E-state index in [4.69, 9.17) is 15.0 Å². The molecule has 1 amide bonds. The number of benzene rings is 1. The Bertz CT molecular complexity index is 1020. The van der Waals surface area contributed by atoms with Gasteiger partial charge in [0.2, 0.25) is 0 Å². The summed E-state index contributed by atoms with van der Waals surface area (Å²) < 4.78 is 11.1. The minimum atomic E-state index is -0.266. The first-order valence-corrected chi connectivity index (χ1v) is 8.46. The van der Waals surface area contributed by atoms with Gasteiger partial charge in [0.05, 0.1) is 23.6 Å². The molecule has 2 aromatic heterocycles. The summed E-state index contributed by atoms with van der Waals surface area (Å²) in [6.07, 6.45) is 3.28. The van der Waals surface area contributed by atoms with Crippen molar-refractivity contribution in [3.05, 3.63) is 71.1 Å². The lowest BCUT2D eigenvalue weighted by Crippen LogP contribution is -2.37. The van der Waals surface area contributed by atoms with E-state index in [2.05, 4.69) is 10.1 Å². The zero-order chi connectivity index (χ0) is 19.0. The second-order valence-corrected chi connectivity index (χ2v) is 6.29. The molecule has 4 rings (SSSR count). The van der Waals surface area contributed by atoms with Gasteiger partial charge < -0.3 is 15.0 Å². The Hall–Kier alpha value is -3.61. The number of nitrogen functional groups attached to an aromatic ring is 1. The highest BCUT2D eigenvalue weighted by Crippen LogP contribution is 2.38. The van der Waals surface area contributed by atoms with Gasteiger partial charge in [-0.3, -0.25) is 14.7 Å². The number of ether oxygens (including phenoxy) is 1. The van der Waals surface area contributed by atoms with Crippen LogP contribution in [0.25, 0.3) is 6.08 Å². The average Bonchev–Trinajstić information content (AvgIpc) is 2.97. The third-order valence-electron chi connectivity index (χ3n) is 4.41. The van der Waals surface area contributed by atoms with Crippen molar-refractivity contribution in [2.24, 2.45) is 0 Å². The van der Waals surface area contributed by atoms with Crippen molar-refractivity contribution in [2.45, 2.75) is 20.4 Å². The highest BCUT2D eigenvalue weighted by Gasteiger charge is 2.32. The lowest BCUT2D eigenvalue weighted by molar-refractivity contribution is -0.117. The first kappa shape index (κ1) is 16.8. The van der Waals surface area contributed by atoms with Crippen LogP contribution in [0.3, 0.4) is 0 Å². The Morgan fingerprint density at radius 1 is 1.22 bits per heavy atom. The molecule has 27 heavy (non-hydrogen) atoms. The average molecular weight is 362 g/mol. The van der Waals surface area contributed by atoms with Crippen molar-refractivity contribution >= 4 is 23.4 Å². The number of aromatic nitrogens is 2. The maximum absolute atomic E-state index is 13.1. The van der Waals surface area contributed by atoms with Crippen LogP contribution in [-0.2, 0) is 11.3 Å². The molecule has 0 radical (unpaired) electrons. The molecule has 0 bridgehead atoms. The van der Waals surface area contributed by atoms with E-state index in [1.54, 1.807) is 41.4 Å². The van der Waals surface area contributed by atoms with E-state index >= 15 is 0 Å².